The molecule has 3 unspecified atom stereocenters. The number of hydrogen-bond acceptors (Lipinski definition) is 4. The molecule has 126 valence electrons. The van der Waals surface area contributed by atoms with Gasteiger partial charge in [0, 0.05) is 26.4 Å². The summed E-state index contributed by atoms with van der Waals surface area (Å²) in [5.74, 6) is 0.845. The van der Waals surface area contributed by atoms with Crippen molar-refractivity contribution in [2.24, 2.45) is 5.92 Å². The quantitative estimate of drug-likeness (QED) is 0.563. The number of nitrogens with one attached hydrogen (secondary N) is 1. The van der Waals surface area contributed by atoms with Gasteiger partial charge in [-0.05, 0) is 38.1 Å². The molecule has 1 N–H and O–H groups in total. The van der Waals surface area contributed by atoms with Crippen LogP contribution in [0.1, 0.15) is 52.4 Å². The number of hydrogen-bond donors (Lipinski definition) is 1. The molecule has 1 saturated carbocycles. The van der Waals surface area contributed by atoms with Crippen molar-refractivity contribution in [3.05, 3.63) is 0 Å². The molecule has 3 atom stereocenters. The summed E-state index contributed by atoms with van der Waals surface area (Å²) in [5, 5.41) is 3.58. The molecule has 1 aliphatic rings. The first kappa shape index (κ1) is 18.9. The molecule has 0 saturated heterocycles. The monoisotopic (exact) mass is 301 g/mol. The molecule has 1 rings (SSSR count). The van der Waals surface area contributed by atoms with Gasteiger partial charge in [-0.1, -0.05) is 26.7 Å². The molecule has 0 bridgehead atoms. The minimum absolute atomic E-state index is 0.359. The van der Waals surface area contributed by atoms with Gasteiger partial charge < -0.3 is 19.5 Å². The van der Waals surface area contributed by atoms with Crippen molar-refractivity contribution in [3.63, 3.8) is 0 Å². The number of likely N-dealkylation sites (N-methyl/N-ethyl adjacent to an activating group) is 1. The Labute approximate surface area is 130 Å². The van der Waals surface area contributed by atoms with Crippen molar-refractivity contribution in [3.8, 4) is 0 Å². The molecule has 1 fully saturated rings. The van der Waals surface area contributed by atoms with E-state index in [9.17, 15) is 0 Å². The first-order valence-electron chi connectivity index (χ1n) is 8.73. The minimum atomic E-state index is 0.359. The molecule has 4 heteroatoms. The van der Waals surface area contributed by atoms with Gasteiger partial charge in [0.1, 0.15) is 0 Å². The molecule has 0 aromatic heterocycles. The van der Waals surface area contributed by atoms with Crippen LogP contribution in [0.3, 0.4) is 0 Å². The van der Waals surface area contributed by atoms with E-state index in [4.69, 9.17) is 14.2 Å². The lowest BCUT2D eigenvalue weighted by atomic mass is 9.81. The van der Waals surface area contributed by atoms with Gasteiger partial charge in [0.25, 0.3) is 0 Å². The number of rotatable bonds is 12. The molecule has 1 aliphatic carbocycles. The third-order valence-corrected chi connectivity index (χ3v) is 4.26. The van der Waals surface area contributed by atoms with E-state index in [0.717, 1.165) is 32.1 Å². The zero-order chi connectivity index (χ0) is 15.3. The smallest absolute Gasteiger partial charge is 0.0731 e. The van der Waals surface area contributed by atoms with Crippen molar-refractivity contribution in [2.45, 2.75) is 64.5 Å². The summed E-state index contributed by atoms with van der Waals surface area (Å²) in [6, 6.07) is 0.525. The van der Waals surface area contributed by atoms with Gasteiger partial charge in [-0.3, -0.25) is 0 Å². The van der Waals surface area contributed by atoms with E-state index in [2.05, 4.69) is 19.2 Å². The Morgan fingerprint density at radius 2 is 1.90 bits per heavy atom. The second-order valence-corrected chi connectivity index (χ2v) is 6.00. The molecule has 0 amide bonds. The Morgan fingerprint density at radius 1 is 1.05 bits per heavy atom. The van der Waals surface area contributed by atoms with E-state index in [1.807, 2.05) is 0 Å². The van der Waals surface area contributed by atoms with Crippen molar-refractivity contribution >= 4 is 0 Å². The van der Waals surface area contributed by atoms with Crippen LogP contribution in [0.2, 0.25) is 0 Å². The Balaban J connectivity index is 2.20. The third kappa shape index (κ3) is 8.15. The molecule has 0 aromatic carbocycles. The summed E-state index contributed by atoms with van der Waals surface area (Å²) in [6.07, 6.45) is 7.74. The number of ether oxygens (including phenoxy) is 3. The summed E-state index contributed by atoms with van der Waals surface area (Å²) in [6.45, 7) is 8.40. The Kier molecular flexibility index (Phi) is 11.1. The van der Waals surface area contributed by atoms with Crippen LogP contribution in [0.4, 0.5) is 0 Å². The highest BCUT2D eigenvalue weighted by Crippen LogP contribution is 2.29. The van der Waals surface area contributed by atoms with Crippen LogP contribution >= 0.6 is 0 Å². The maximum Gasteiger partial charge on any atom is 0.0731 e. The largest absolute Gasteiger partial charge is 0.385 e. The second-order valence-electron chi connectivity index (χ2n) is 6.00. The van der Waals surface area contributed by atoms with Crippen LogP contribution in [-0.2, 0) is 14.2 Å². The molecule has 0 spiro atoms. The maximum absolute atomic E-state index is 6.11. The van der Waals surface area contributed by atoms with Gasteiger partial charge in [0.05, 0.1) is 19.3 Å². The average Bonchev–Trinajstić information content (AvgIpc) is 2.49. The summed E-state index contributed by atoms with van der Waals surface area (Å²) >= 11 is 0. The van der Waals surface area contributed by atoms with Crippen molar-refractivity contribution in [2.75, 3.05) is 40.1 Å². The SMILES string of the molecule is CCCC1CCC(NCC)C(OCCOCCCOC)C1. The maximum atomic E-state index is 6.11. The van der Waals surface area contributed by atoms with E-state index in [0.29, 0.717) is 25.4 Å². The van der Waals surface area contributed by atoms with Crippen LogP contribution < -0.4 is 5.32 Å². The Bertz CT molecular complexity index is 238. The van der Waals surface area contributed by atoms with Gasteiger partial charge in [-0.25, -0.2) is 0 Å². The molecular formula is C17H35NO3. The van der Waals surface area contributed by atoms with Gasteiger partial charge in [-0.2, -0.15) is 0 Å². The molecule has 0 radical (unpaired) electrons. The first-order valence-corrected chi connectivity index (χ1v) is 8.73. The van der Waals surface area contributed by atoms with E-state index < -0.39 is 0 Å². The second kappa shape index (κ2) is 12.4. The number of methoxy groups -OCH3 is 1. The summed E-state index contributed by atoms with van der Waals surface area (Å²) in [5.41, 5.74) is 0. The van der Waals surface area contributed by atoms with Gasteiger partial charge in [0.2, 0.25) is 0 Å². The van der Waals surface area contributed by atoms with Crippen LogP contribution in [0, 0.1) is 5.92 Å². The van der Waals surface area contributed by atoms with E-state index in [1.165, 1.54) is 32.1 Å². The van der Waals surface area contributed by atoms with Gasteiger partial charge >= 0.3 is 0 Å². The highest BCUT2D eigenvalue weighted by molar-refractivity contribution is 4.85. The predicted octanol–water partition coefficient (Wildman–Crippen LogP) is 3.00. The summed E-state index contributed by atoms with van der Waals surface area (Å²) in [4.78, 5) is 0. The topological polar surface area (TPSA) is 39.7 Å². The van der Waals surface area contributed by atoms with Crippen LogP contribution in [-0.4, -0.2) is 52.2 Å². The fourth-order valence-corrected chi connectivity index (χ4v) is 3.23. The molecule has 4 nitrogen and oxygen atoms in total. The minimum Gasteiger partial charge on any atom is -0.385 e. The van der Waals surface area contributed by atoms with Crippen LogP contribution in [0.25, 0.3) is 0 Å². The van der Waals surface area contributed by atoms with Crippen LogP contribution in [0.5, 0.6) is 0 Å². The Hall–Kier alpha value is -0.160. The lowest BCUT2D eigenvalue weighted by Gasteiger charge is -2.36. The van der Waals surface area contributed by atoms with Crippen LogP contribution in [0.15, 0.2) is 0 Å². The summed E-state index contributed by atoms with van der Waals surface area (Å²) < 4.78 is 16.7. The van der Waals surface area contributed by atoms with E-state index in [-0.39, 0.29) is 0 Å². The van der Waals surface area contributed by atoms with Gasteiger partial charge in [0.15, 0.2) is 0 Å². The standard InChI is InChI=1S/C17H35NO3/c1-4-7-15-8-9-16(18-5-2)17(14-15)21-13-12-20-11-6-10-19-3/h15-18H,4-14H2,1-3H3. The zero-order valence-corrected chi connectivity index (χ0v) is 14.2. The molecule has 0 aromatic rings. The molecule has 0 heterocycles. The molecule has 21 heavy (non-hydrogen) atoms. The average molecular weight is 301 g/mol. The predicted molar refractivity (Wildman–Crippen MR) is 86.8 cm³/mol. The lowest BCUT2D eigenvalue weighted by Crippen LogP contribution is -2.46. The fraction of sp³-hybridized carbons (Fsp3) is 1.00. The van der Waals surface area contributed by atoms with E-state index >= 15 is 0 Å². The first-order chi connectivity index (χ1) is 10.3. The fourth-order valence-electron chi connectivity index (χ4n) is 3.23. The summed E-state index contributed by atoms with van der Waals surface area (Å²) in [7, 11) is 1.72. The third-order valence-electron chi connectivity index (χ3n) is 4.26. The van der Waals surface area contributed by atoms with Gasteiger partial charge in [-0.15, -0.1) is 0 Å². The van der Waals surface area contributed by atoms with Crippen molar-refractivity contribution in [1.82, 2.24) is 5.32 Å². The van der Waals surface area contributed by atoms with Crippen molar-refractivity contribution in [1.29, 1.82) is 0 Å². The highest BCUT2D eigenvalue weighted by atomic mass is 16.5. The molecular weight excluding hydrogens is 266 g/mol. The van der Waals surface area contributed by atoms with E-state index in [1.54, 1.807) is 7.11 Å². The highest BCUT2D eigenvalue weighted by Gasteiger charge is 2.30. The molecule has 0 aliphatic heterocycles. The zero-order valence-electron chi connectivity index (χ0n) is 14.2. The Morgan fingerprint density at radius 3 is 2.62 bits per heavy atom. The normalized spacial score (nSPS) is 26.1. The van der Waals surface area contributed by atoms with Crippen molar-refractivity contribution < 1.29 is 14.2 Å². The lowest BCUT2D eigenvalue weighted by molar-refractivity contribution is -0.0379.